The fourth-order valence-corrected chi connectivity index (χ4v) is 4.34. The van der Waals surface area contributed by atoms with Gasteiger partial charge in [0.25, 0.3) is 0 Å². The van der Waals surface area contributed by atoms with Gasteiger partial charge in [-0.15, -0.1) is 0 Å². The Morgan fingerprint density at radius 1 is 1.38 bits per heavy atom. The summed E-state index contributed by atoms with van der Waals surface area (Å²) in [5.41, 5.74) is 0. The lowest BCUT2D eigenvalue weighted by Crippen LogP contribution is -2.45. The second kappa shape index (κ2) is 8.04. The van der Waals surface area contributed by atoms with E-state index in [1.54, 1.807) is 7.11 Å². The minimum atomic E-state index is -3.87. The normalized spacial score (nSPS) is 18.3. The number of ether oxygens (including phenoxy) is 1. The van der Waals surface area contributed by atoms with E-state index in [2.05, 4.69) is 5.32 Å². The molecule has 6 nitrogen and oxygen atoms in total. The first-order valence-electron chi connectivity index (χ1n) is 7.90. The summed E-state index contributed by atoms with van der Waals surface area (Å²) in [5, 5.41) is 2.85. The van der Waals surface area contributed by atoms with E-state index in [9.17, 15) is 17.6 Å². The zero-order valence-electron chi connectivity index (χ0n) is 13.9. The molecule has 1 aliphatic rings. The average molecular weight is 358 g/mol. The Morgan fingerprint density at radius 2 is 2.00 bits per heavy atom. The second-order valence-electron chi connectivity index (χ2n) is 5.97. The third-order valence-electron chi connectivity index (χ3n) is 4.08. The Balaban J connectivity index is 1.97. The molecule has 0 bridgehead atoms. The molecule has 1 aliphatic heterocycles. The van der Waals surface area contributed by atoms with Crippen LogP contribution in [0.1, 0.15) is 19.8 Å². The number of nitrogens with one attached hydrogen (secondary N) is 1. The number of benzene rings is 1. The van der Waals surface area contributed by atoms with Crippen molar-refractivity contribution >= 4 is 15.9 Å². The number of methoxy groups -OCH3 is 1. The highest BCUT2D eigenvalue weighted by Crippen LogP contribution is 2.25. The highest BCUT2D eigenvalue weighted by Gasteiger charge is 2.33. The number of amides is 1. The fourth-order valence-electron chi connectivity index (χ4n) is 2.80. The molecule has 1 atom stereocenters. The summed E-state index contributed by atoms with van der Waals surface area (Å²) in [7, 11) is -2.30. The molecule has 1 saturated heterocycles. The lowest BCUT2D eigenvalue weighted by molar-refractivity contribution is -0.127. The van der Waals surface area contributed by atoms with Crippen LogP contribution in [0.25, 0.3) is 0 Å². The van der Waals surface area contributed by atoms with E-state index in [0.717, 1.165) is 6.07 Å². The molecule has 0 saturated carbocycles. The third-order valence-corrected chi connectivity index (χ3v) is 6.02. The second-order valence-corrected chi connectivity index (χ2v) is 7.88. The first-order chi connectivity index (χ1) is 11.4. The van der Waals surface area contributed by atoms with Crippen molar-refractivity contribution in [3.8, 4) is 0 Å². The van der Waals surface area contributed by atoms with Crippen molar-refractivity contribution in [2.45, 2.75) is 30.7 Å². The van der Waals surface area contributed by atoms with Crippen LogP contribution in [0.3, 0.4) is 0 Å². The van der Waals surface area contributed by atoms with Gasteiger partial charge < -0.3 is 10.1 Å². The molecule has 1 N–H and O–H groups in total. The van der Waals surface area contributed by atoms with Gasteiger partial charge in [-0.05, 0) is 31.9 Å². The molecule has 8 heteroatoms. The van der Waals surface area contributed by atoms with Crippen molar-refractivity contribution in [1.82, 2.24) is 9.62 Å². The van der Waals surface area contributed by atoms with Gasteiger partial charge in [-0.2, -0.15) is 4.31 Å². The SMILES string of the molecule is COCC(C)NC(=O)C1CCN(S(=O)(=O)c2ccccc2F)CC1. The number of hydrogen-bond acceptors (Lipinski definition) is 4. The average Bonchev–Trinajstić information content (AvgIpc) is 2.55. The van der Waals surface area contributed by atoms with Crippen LogP contribution < -0.4 is 5.32 Å². The minimum absolute atomic E-state index is 0.0947. The van der Waals surface area contributed by atoms with Crippen LogP contribution in [-0.4, -0.2) is 51.5 Å². The zero-order valence-corrected chi connectivity index (χ0v) is 14.7. The monoisotopic (exact) mass is 358 g/mol. The molecule has 2 rings (SSSR count). The maximum atomic E-state index is 13.8. The van der Waals surface area contributed by atoms with Crippen molar-refractivity contribution < 1.29 is 22.3 Å². The van der Waals surface area contributed by atoms with Crippen molar-refractivity contribution in [2.24, 2.45) is 5.92 Å². The fraction of sp³-hybridized carbons (Fsp3) is 0.562. The summed E-state index contributed by atoms with van der Waals surface area (Å²) < 4.78 is 45.0. The molecular formula is C16H23FN2O4S. The Kier molecular flexibility index (Phi) is 6.31. The maximum absolute atomic E-state index is 13.8. The van der Waals surface area contributed by atoms with Gasteiger partial charge in [-0.25, -0.2) is 12.8 Å². The van der Waals surface area contributed by atoms with E-state index in [4.69, 9.17) is 4.74 Å². The molecule has 1 aromatic carbocycles. The van der Waals surface area contributed by atoms with E-state index in [1.165, 1.54) is 22.5 Å². The molecule has 24 heavy (non-hydrogen) atoms. The van der Waals surface area contributed by atoms with Crippen molar-refractivity contribution in [3.63, 3.8) is 0 Å². The quantitative estimate of drug-likeness (QED) is 0.834. The molecule has 0 aliphatic carbocycles. The van der Waals surface area contributed by atoms with Gasteiger partial charge in [-0.1, -0.05) is 12.1 Å². The molecule has 1 amide bonds. The summed E-state index contributed by atoms with van der Waals surface area (Å²) in [6.45, 7) is 2.67. The number of carbonyl (C=O) groups excluding carboxylic acids is 1. The number of carbonyl (C=O) groups is 1. The van der Waals surface area contributed by atoms with Crippen LogP contribution in [0.2, 0.25) is 0 Å². The highest BCUT2D eigenvalue weighted by atomic mass is 32.2. The van der Waals surface area contributed by atoms with E-state index < -0.39 is 15.8 Å². The largest absolute Gasteiger partial charge is 0.383 e. The zero-order chi connectivity index (χ0) is 17.7. The molecular weight excluding hydrogens is 335 g/mol. The number of piperidine rings is 1. The number of sulfonamides is 1. The standard InChI is InChI=1S/C16H23FN2O4S/c1-12(11-23-2)18-16(20)13-7-9-19(10-8-13)24(21,22)15-6-4-3-5-14(15)17/h3-6,12-13H,7-11H2,1-2H3,(H,18,20). The van der Waals surface area contributed by atoms with E-state index >= 15 is 0 Å². The molecule has 0 aromatic heterocycles. The molecule has 0 spiro atoms. The van der Waals surface area contributed by atoms with Gasteiger partial charge in [0.05, 0.1) is 6.61 Å². The van der Waals surface area contributed by atoms with Crippen LogP contribution in [0.4, 0.5) is 4.39 Å². The molecule has 1 heterocycles. The molecule has 1 aromatic rings. The first kappa shape index (κ1) is 18.8. The smallest absolute Gasteiger partial charge is 0.245 e. The Hall–Kier alpha value is -1.51. The van der Waals surface area contributed by atoms with Gasteiger partial charge in [0.2, 0.25) is 15.9 Å². The molecule has 0 radical (unpaired) electrons. The Labute approximate surface area is 142 Å². The van der Waals surface area contributed by atoms with E-state index in [-0.39, 0.29) is 35.9 Å². The lowest BCUT2D eigenvalue weighted by Gasteiger charge is -2.31. The summed E-state index contributed by atoms with van der Waals surface area (Å²) >= 11 is 0. The predicted octanol–water partition coefficient (Wildman–Crippen LogP) is 1.38. The van der Waals surface area contributed by atoms with Crippen molar-refractivity contribution in [2.75, 3.05) is 26.8 Å². The summed E-state index contributed by atoms with van der Waals surface area (Å²) in [5.74, 6) is -1.09. The van der Waals surface area contributed by atoms with Gasteiger partial charge >= 0.3 is 0 Å². The third kappa shape index (κ3) is 4.31. The minimum Gasteiger partial charge on any atom is -0.383 e. The van der Waals surface area contributed by atoms with Crippen LogP contribution in [0, 0.1) is 11.7 Å². The number of rotatable bonds is 6. The van der Waals surface area contributed by atoms with Crippen LogP contribution in [0.15, 0.2) is 29.2 Å². The van der Waals surface area contributed by atoms with Crippen LogP contribution in [-0.2, 0) is 19.6 Å². The Morgan fingerprint density at radius 3 is 2.58 bits per heavy atom. The van der Waals surface area contributed by atoms with Gasteiger partial charge in [0, 0.05) is 32.2 Å². The van der Waals surface area contributed by atoms with E-state index in [1.807, 2.05) is 6.92 Å². The lowest BCUT2D eigenvalue weighted by atomic mass is 9.97. The summed E-state index contributed by atoms with van der Waals surface area (Å²) in [6.07, 6.45) is 0.832. The summed E-state index contributed by atoms with van der Waals surface area (Å²) in [6, 6.07) is 5.24. The number of nitrogens with zero attached hydrogens (tertiary/aromatic N) is 1. The number of halogens is 1. The van der Waals surface area contributed by atoms with Crippen molar-refractivity contribution in [3.05, 3.63) is 30.1 Å². The maximum Gasteiger partial charge on any atom is 0.245 e. The first-order valence-corrected chi connectivity index (χ1v) is 9.34. The van der Waals surface area contributed by atoms with Gasteiger partial charge in [0.1, 0.15) is 10.7 Å². The molecule has 1 unspecified atom stereocenters. The topological polar surface area (TPSA) is 75.7 Å². The van der Waals surface area contributed by atoms with Gasteiger partial charge in [-0.3, -0.25) is 4.79 Å². The molecule has 1 fully saturated rings. The number of hydrogen-bond donors (Lipinski definition) is 1. The van der Waals surface area contributed by atoms with Crippen LogP contribution in [0.5, 0.6) is 0 Å². The van der Waals surface area contributed by atoms with E-state index in [0.29, 0.717) is 19.4 Å². The highest BCUT2D eigenvalue weighted by molar-refractivity contribution is 7.89. The van der Waals surface area contributed by atoms with Gasteiger partial charge in [0.15, 0.2) is 0 Å². The Bertz CT molecular complexity index is 672. The summed E-state index contributed by atoms with van der Waals surface area (Å²) in [4.78, 5) is 11.9. The van der Waals surface area contributed by atoms with Crippen LogP contribution >= 0.6 is 0 Å². The molecule has 134 valence electrons. The van der Waals surface area contributed by atoms with Crippen molar-refractivity contribution in [1.29, 1.82) is 0 Å². The predicted molar refractivity (Wildman–Crippen MR) is 87.4 cm³/mol.